The molecule has 1 aliphatic rings. The number of amides is 2. The molecule has 12 heavy (non-hydrogen) atoms. The normalized spacial score (nSPS) is 21.0. The Morgan fingerprint density at radius 2 is 2.17 bits per heavy atom. The van der Waals surface area contributed by atoms with Crippen molar-refractivity contribution in [3.05, 3.63) is 12.0 Å². The summed E-state index contributed by atoms with van der Waals surface area (Å²) in [5.41, 5.74) is 9.77. The lowest BCUT2D eigenvalue weighted by Gasteiger charge is -2.14. The first kappa shape index (κ1) is 8.25. The summed E-state index contributed by atoms with van der Waals surface area (Å²) in [5, 5.41) is 0. The number of nitrogens with zero attached hydrogens (tertiary/aromatic N) is 1. The highest BCUT2D eigenvalue weighted by molar-refractivity contribution is 5.98. The van der Waals surface area contributed by atoms with E-state index in [1.165, 1.54) is 6.21 Å². The first-order valence-electron chi connectivity index (χ1n) is 3.10. The molecule has 2 amide bonds. The zero-order chi connectivity index (χ0) is 9.14. The van der Waals surface area contributed by atoms with E-state index in [-0.39, 0.29) is 5.76 Å². The molecule has 6 nitrogen and oxygen atoms in total. The number of primary amides is 2. The molecule has 1 unspecified atom stereocenters. The summed E-state index contributed by atoms with van der Waals surface area (Å²) in [4.78, 5) is 24.6. The molecule has 0 radical (unpaired) electrons. The average Bonchev–Trinajstić information content (AvgIpc) is 2.04. The van der Waals surface area contributed by atoms with Crippen LogP contribution in [-0.4, -0.2) is 24.1 Å². The molecule has 1 rings (SSSR count). The highest BCUT2D eigenvalue weighted by Gasteiger charge is 2.21. The Morgan fingerprint density at radius 1 is 1.50 bits per heavy atom. The van der Waals surface area contributed by atoms with Gasteiger partial charge >= 0.3 is 0 Å². The van der Waals surface area contributed by atoms with Crippen molar-refractivity contribution in [2.45, 2.75) is 6.10 Å². The number of hydrogen-bond donors (Lipinski definition) is 2. The van der Waals surface area contributed by atoms with Crippen molar-refractivity contribution < 1.29 is 14.3 Å². The Bertz CT molecular complexity index is 282. The van der Waals surface area contributed by atoms with Crippen molar-refractivity contribution in [3.8, 4) is 0 Å². The number of rotatable bonds is 2. The van der Waals surface area contributed by atoms with Crippen LogP contribution in [0.15, 0.2) is 17.0 Å². The van der Waals surface area contributed by atoms with Crippen LogP contribution in [0.4, 0.5) is 0 Å². The SMILES string of the molecule is NC(=O)C1=CN=CC(C(N)=O)O1. The van der Waals surface area contributed by atoms with E-state index in [4.69, 9.17) is 16.2 Å². The van der Waals surface area contributed by atoms with Crippen LogP contribution >= 0.6 is 0 Å². The van der Waals surface area contributed by atoms with E-state index in [0.717, 1.165) is 6.20 Å². The predicted molar refractivity (Wildman–Crippen MR) is 39.8 cm³/mol. The average molecular weight is 169 g/mol. The number of carbonyl (C=O) groups is 2. The minimum atomic E-state index is -1.00. The third-order valence-electron chi connectivity index (χ3n) is 1.19. The molecule has 6 heteroatoms. The first-order valence-corrected chi connectivity index (χ1v) is 3.10. The molecule has 1 aliphatic heterocycles. The maximum absolute atomic E-state index is 10.5. The van der Waals surface area contributed by atoms with E-state index in [1.807, 2.05) is 0 Å². The van der Waals surface area contributed by atoms with Gasteiger partial charge < -0.3 is 16.2 Å². The smallest absolute Gasteiger partial charge is 0.285 e. The number of hydrogen-bond acceptors (Lipinski definition) is 4. The molecule has 0 saturated carbocycles. The van der Waals surface area contributed by atoms with E-state index in [0.29, 0.717) is 0 Å². The zero-order valence-corrected chi connectivity index (χ0v) is 6.06. The molecule has 0 aromatic heterocycles. The Morgan fingerprint density at radius 3 is 2.67 bits per heavy atom. The van der Waals surface area contributed by atoms with Crippen LogP contribution in [0.3, 0.4) is 0 Å². The molecule has 0 aliphatic carbocycles. The molecule has 0 saturated heterocycles. The van der Waals surface area contributed by atoms with Crippen LogP contribution < -0.4 is 11.5 Å². The van der Waals surface area contributed by atoms with Gasteiger partial charge in [0.05, 0.1) is 12.4 Å². The summed E-state index contributed by atoms with van der Waals surface area (Å²) in [5.74, 6) is -1.66. The fourth-order valence-electron chi connectivity index (χ4n) is 0.640. The lowest BCUT2D eigenvalue weighted by Crippen LogP contribution is -2.35. The van der Waals surface area contributed by atoms with Crippen molar-refractivity contribution in [1.29, 1.82) is 0 Å². The van der Waals surface area contributed by atoms with Gasteiger partial charge in [0, 0.05) is 0 Å². The van der Waals surface area contributed by atoms with Crippen molar-refractivity contribution in [2.75, 3.05) is 0 Å². The molecule has 64 valence electrons. The molecule has 0 spiro atoms. The lowest BCUT2D eigenvalue weighted by molar-refractivity contribution is -0.126. The maximum atomic E-state index is 10.5. The van der Waals surface area contributed by atoms with Crippen LogP contribution in [0.25, 0.3) is 0 Å². The summed E-state index contributed by atoms with van der Waals surface area (Å²) >= 11 is 0. The van der Waals surface area contributed by atoms with Gasteiger partial charge in [0.2, 0.25) is 11.9 Å². The topological polar surface area (TPSA) is 108 Å². The summed E-state index contributed by atoms with van der Waals surface area (Å²) in [6, 6.07) is 0. The lowest BCUT2D eigenvalue weighted by atomic mass is 10.3. The van der Waals surface area contributed by atoms with Gasteiger partial charge in [-0.1, -0.05) is 0 Å². The van der Waals surface area contributed by atoms with Gasteiger partial charge in [0.25, 0.3) is 11.8 Å². The van der Waals surface area contributed by atoms with Crippen molar-refractivity contribution >= 4 is 18.0 Å². The fourth-order valence-corrected chi connectivity index (χ4v) is 0.640. The third-order valence-corrected chi connectivity index (χ3v) is 1.19. The molecule has 0 bridgehead atoms. The van der Waals surface area contributed by atoms with Crippen LogP contribution in [0.1, 0.15) is 0 Å². The molecular weight excluding hydrogens is 162 g/mol. The third kappa shape index (κ3) is 1.60. The largest absolute Gasteiger partial charge is 0.467 e. The Hall–Kier alpha value is -1.85. The summed E-state index contributed by atoms with van der Waals surface area (Å²) in [6.07, 6.45) is 1.31. The Balaban J connectivity index is 2.74. The minimum Gasteiger partial charge on any atom is -0.467 e. The van der Waals surface area contributed by atoms with Crippen LogP contribution in [0.2, 0.25) is 0 Å². The fraction of sp³-hybridized carbons (Fsp3) is 0.167. The van der Waals surface area contributed by atoms with E-state index in [2.05, 4.69) is 4.99 Å². The second-order valence-electron chi connectivity index (χ2n) is 2.10. The van der Waals surface area contributed by atoms with Crippen LogP contribution in [0, 0.1) is 0 Å². The van der Waals surface area contributed by atoms with Crippen LogP contribution in [-0.2, 0) is 14.3 Å². The van der Waals surface area contributed by atoms with Gasteiger partial charge in [-0.2, -0.15) is 0 Å². The number of nitrogens with two attached hydrogens (primary N) is 2. The standard InChI is InChI=1S/C6H7N3O3/c7-5(10)3-1-9-2-4(12-3)6(8)11/h1-3H,(H2,7,10)(H2,8,11). The molecule has 0 aromatic carbocycles. The van der Waals surface area contributed by atoms with Gasteiger partial charge in [-0.3, -0.25) is 14.6 Å². The quantitative estimate of drug-likeness (QED) is 0.512. The van der Waals surface area contributed by atoms with Crippen molar-refractivity contribution in [1.82, 2.24) is 0 Å². The van der Waals surface area contributed by atoms with E-state index < -0.39 is 17.9 Å². The predicted octanol–water partition coefficient (Wildman–Crippen LogP) is -1.73. The number of carbonyl (C=O) groups excluding carboxylic acids is 2. The Kier molecular flexibility index (Phi) is 2.09. The zero-order valence-electron chi connectivity index (χ0n) is 6.06. The van der Waals surface area contributed by atoms with E-state index in [9.17, 15) is 9.59 Å². The Labute approximate surface area is 67.9 Å². The summed E-state index contributed by atoms with van der Waals surface area (Å²) in [7, 11) is 0. The molecule has 0 aromatic rings. The highest BCUT2D eigenvalue weighted by atomic mass is 16.5. The van der Waals surface area contributed by atoms with Gasteiger partial charge in [0.15, 0.2) is 0 Å². The monoisotopic (exact) mass is 169 g/mol. The van der Waals surface area contributed by atoms with Crippen molar-refractivity contribution in [2.24, 2.45) is 16.5 Å². The van der Waals surface area contributed by atoms with Gasteiger partial charge in [-0.05, 0) is 0 Å². The molecule has 4 N–H and O–H groups in total. The summed E-state index contributed by atoms with van der Waals surface area (Å²) < 4.78 is 4.77. The van der Waals surface area contributed by atoms with Gasteiger partial charge in [-0.15, -0.1) is 0 Å². The minimum absolute atomic E-state index is 0.165. The van der Waals surface area contributed by atoms with E-state index >= 15 is 0 Å². The number of aliphatic imine (C=N–C) groups is 1. The molecule has 1 heterocycles. The van der Waals surface area contributed by atoms with Crippen LogP contribution in [0.5, 0.6) is 0 Å². The second-order valence-corrected chi connectivity index (χ2v) is 2.10. The van der Waals surface area contributed by atoms with Gasteiger partial charge in [-0.25, -0.2) is 0 Å². The van der Waals surface area contributed by atoms with Crippen molar-refractivity contribution in [3.63, 3.8) is 0 Å². The highest BCUT2D eigenvalue weighted by Crippen LogP contribution is 2.05. The first-order chi connectivity index (χ1) is 5.61. The van der Waals surface area contributed by atoms with Gasteiger partial charge in [0.1, 0.15) is 0 Å². The van der Waals surface area contributed by atoms with E-state index in [1.54, 1.807) is 0 Å². The molecular formula is C6H7N3O3. The maximum Gasteiger partial charge on any atom is 0.285 e. The molecule has 0 fully saturated rings. The number of ether oxygens (including phenoxy) is 1. The summed E-state index contributed by atoms with van der Waals surface area (Å²) in [6.45, 7) is 0. The molecule has 1 atom stereocenters. The second kappa shape index (κ2) is 3.04.